The summed E-state index contributed by atoms with van der Waals surface area (Å²) in [5.41, 5.74) is 0.537. The number of likely N-dealkylation sites (tertiary alicyclic amines) is 1. The Hall–Kier alpha value is -2.24. The van der Waals surface area contributed by atoms with Gasteiger partial charge in [0.15, 0.2) is 0 Å². The van der Waals surface area contributed by atoms with Crippen LogP contribution in [0.2, 0.25) is 0 Å². The van der Waals surface area contributed by atoms with Crippen LogP contribution in [0.4, 0.5) is 0 Å². The zero-order valence-electron chi connectivity index (χ0n) is 13.7. The van der Waals surface area contributed by atoms with Gasteiger partial charge in [0, 0.05) is 25.5 Å². The fourth-order valence-corrected chi connectivity index (χ4v) is 3.25. The van der Waals surface area contributed by atoms with E-state index in [9.17, 15) is 4.79 Å². The molecule has 1 fully saturated rings. The average Bonchev–Trinajstić information content (AvgIpc) is 3.11. The van der Waals surface area contributed by atoms with E-state index in [1.54, 1.807) is 17.2 Å². The molecule has 0 radical (unpaired) electrons. The standard InChI is InChI=1S/C17H23N5O/c1-17(2,22-13-19-12-20-22)16(23)21-8-4-6-15(11-21)9-14-5-3-7-18-10-14/h3,5,7,10,12-13,15H,4,6,8-9,11H2,1-2H3/t15-/m0/s1. The molecular formula is C17H23N5O. The van der Waals surface area contributed by atoms with E-state index in [-0.39, 0.29) is 5.91 Å². The summed E-state index contributed by atoms with van der Waals surface area (Å²) in [4.78, 5) is 23.1. The summed E-state index contributed by atoms with van der Waals surface area (Å²) in [6.07, 6.45) is 9.96. The van der Waals surface area contributed by atoms with E-state index >= 15 is 0 Å². The Bertz CT molecular complexity index is 638. The van der Waals surface area contributed by atoms with Crippen LogP contribution in [0.5, 0.6) is 0 Å². The fourth-order valence-electron chi connectivity index (χ4n) is 3.25. The molecule has 2 aromatic heterocycles. The van der Waals surface area contributed by atoms with Gasteiger partial charge < -0.3 is 4.90 Å². The van der Waals surface area contributed by atoms with E-state index in [4.69, 9.17) is 0 Å². The maximum atomic E-state index is 12.9. The van der Waals surface area contributed by atoms with Crippen LogP contribution in [-0.2, 0) is 16.8 Å². The first-order valence-electron chi connectivity index (χ1n) is 8.11. The molecule has 0 saturated carbocycles. The number of rotatable bonds is 4. The van der Waals surface area contributed by atoms with Crippen molar-refractivity contribution in [1.82, 2.24) is 24.6 Å². The molecule has 3 rings (SSSR count). The number of carbonyl (C=O) groups is 1. The molecule has 6 heteroatoms. The van der Waals surface area contributed by atoms with Gasteiger partial charge in [0.05, 0.1) is 0 Å². The van der Waals surface area contributed by atoms with Crippen molar-refractivity contribution in [2.45, 2.75) is 38.6 Å². The summed E-state index contributed by atoms with van der Waals surface area (Å²) in [6, 6.07) is 4.07. The molecule has 3 heterocycles. The Labute approximate surface area is 136 Å². The summed E-state index contributed by atoms with van der Waals surface area (Å²) >= 11 is 0. The lowest BCUT2D eigenvalue weighted by Crippen LogP contribution is -2.50. The first kappa shape index (κ1) is 15.6. The van der Waals surface area contributed by atoms with E-state index in [2.05, 4.69) is 21.1 Å². The van der Waals surface area contributed by atoms with Gasteiger partial charge in [-0.15, -0.1) is 0 Å². The number of hydrogen-bond donors (Lipinski definition) is 0. The normalized spacial score (nSPS) is 18.9. The van der Waals surface area contributed by atoms with Crippen molar-refractivity contribution in [1.29, 1.82) is 0 Å². The Morgan fingerprint density at radius 3 is 2.96 bits per heavy atom. The SMILES string of the molecule is CC(C)(C(=O)N1CCC[C@@H](Cc2cccnc2)C1)n1cncn1. The number of hydrogen-bond acceptors (Lipinski definition) is 4. The third kappa shape index (κ3) is 3.41. The highest BCUT2D eigenvalue weighted by atomic mass is 16.2. The molecule has 0 aromatic carbocycles. The molecule has 2 aromatic rings. The van der Waals surface area contributed by atoms with Gasteiger partial charge in [0.2, 0.25) is 5.91 Å². The second kappa shape index (κ2) is 6.48. The van der Waals surface area contributed by atoms with Crippen LogP contribution < -0.4 is 0 Å². The van der Waals surface area contributed by atoms with E-state index in [1.807, 2.05) is 31.0 Å². The Kier molecular flexibility index (Phi) is 4.41. The lowest BCUT2D eigenvalue weighted by atomic mass is 9.90. The van der Waals surface area contributed by atoms with Gasteiger partial charge in [-0.1, -0.05) is 6.07 Å². The molecule has 0 unspecified atom stereocenters. The van der Waals surface area contributed by atoms with Gasteiger partial charge in [-0.3, -0.25) is 9.78 Å². The van der Waals surface area contributed by atoms with Crippen LogP contribution >= 0.6 is 0 Å². The number of amides is 1. The summed E-state index contributed by atoms with van der Waals surface area (Å²) in [6.45, 7) is 5.41. The highest BCUT2D eigenvalue weighted by Crippen LogP contribution is 2.25. The summed E-state index contributed by atoms with van der Waals surface area (Å²) in [5.74, 6) is 0.599. The van der Waals surface area contributed by atoms with Gasteiger partial charge in [-0.2, -0.15) is 5.10 Å². The van der Waals surface area contributed by atoms with Crippen molar-refractivity contribution in [3.05, 3.63) is 42.7 Å². The molecule has 6 nitrogen and oxygen atoms in total. The predicted molar refractivity (Wildman–Crippen MR) is 86.6 cm³/mol. The molecule has 1 aliphatic heterocycles. The maximum absolute atomic E-state index is 12.9. The minimum atomic E-state index is -0.702. The zero-order chi connectivity index (χ0) is 16.3. The van der Waals surface area contributed by atoms with Crippen LogP contribution in [0.3, 0.4) is 0 Å². The lowest BCUT2D eigenvalue weighted by Gasteiger charge is -2.37. The highest BCUT2D eigenvalue weighted by Gasteiger charge is 2.36. The van der Waals surface area contributed by atoms with Crippen molar-refractivity contribution in [3.8, 4) is 0 Å². The Morgan fingerprint density at radius 1 is 1.39 bits per heavy atom. The van der Waals surface area contributed by atoms with Crippen molar-refractivity contribution < 1.29 is 4.79 Å². The molecule has 1 amide bonds. The molecular weight excluding hydrogens is 290 g/mol. The molecule has 0 aliphatic carbocycles. The van der Waals surface area contributed by atoms with Crippen LogP contribution in [-0.4, -0.2) is 43.6 Å². The van der Waals surface area contributed by atoms with Crippen LogP contribution in [0.15, 0.2) is 37.2 Å². The van der Waals surface area contributed by atoms with Crippen molar-refractivity contribution in [3.63, 3.8) is 0 Å². The zero-order valence-corrected chi connectivity index (χ0v) is 13.7. The largest absolute Gasteiger partial charge is 0.340 e. The van der Waals surface area contributed by atoms with Crippen LogP contribution in [0, 0.1) is 5.92 Å². The molecule has 0 N–H and O–H groups in total. The second-order valence-electron chi connectivity index (χ2n) is 6.72. The van der Waals surface area contributed by atoms with Crippen molar-refractivity contribution in [2.75, 3.05) is 13.1 Å². The summed E-state index contributed by atoms with van der Waals surface area (Å²) in [7, 11) is 0. The number of pyridine rings is 1. The molecule has 23 heavy (non-hydrogen) atoms. The van der Waals surface area contributed by atoms with Gasteiger partial charge in [-0.05, 0) is 50.7 Å². The topological polar surface area (TPSA) is 63.9 Å². The second-order valence-corrected chi connectivity index (χ2v) is 6.72. The first-order chi connectivity index (χ1) is 11.1. The van der Waals surface area contributed by atoms with E-state index in [0.29, 0.717) is 5.92 Å². The third-order valence-corrected chi connectivity index (χ3v) is 4.57. The first-order valence-corrected chi connectivity index (χ1v) is 8.11. The third-order valence-electron chi connectivity index (χ3n) is 4.57. The summed E-state index contributed by atoms with van der Waals surface area (Å²) in [5, 5.41) is 4.14. The van der Waals surface area contributed by atoms with Gasteiger partial charge in [0.1, 0.15) is 18.2 Å². The van der Waals surface area contributed by atoms with Gasteiger partial charge >= 0.3 is 0 Å². The average molecular weight is 313 g/mol. The molecule has 1 atom stereocenters. The molecule has 1 aliphatic rings. The van der Waals surface area contributed by atoms with Crippen LogP contribution in [0.25, 0.3) is 0 Å². The van der Waals surface area contributed by atoms with Gasteiger partial charge in [-0.25, -0.2) is 9.67 Å². The fraction of sp³-hybridized carbons (Fsp3) is 0.529. The maximum Gasteiger partial charge on any atom is 0.250 e. The van der Waals surface area contributed by atoms with E-state index in [0.717, 1.165) is 32.4 Å². The number of nitrogens with zero attached hydrogens (tertiary/aromatic N) is 5. The van der Waals surface area contributed by atoms with E-state index < -0.39 is 5.54 Å². The summed E-state index contributed by atoms with van der Waals surface area (Å²) < 4.78 is 1.64. The smallest absolute Gasteiger partial charge is 0.250 e. The van der Waals surface area contributed by atoms with E-state index in [1.165, 1.54) is 11.9 Å². The molecule has 1 saturated heterocycles. The van der Waals surface area contributed by atoms with Crippen molar-refractivity contribution in [2.24, 2.45) is 5.92 Å². The highest BCUT2D eigenvalue weighted by molar-refractivity contribution is 5.83. The minimum absolute atomic E-state index is 0.110. The van der Waals surface area contributed by atoms with Gasteiger partial charge in [0.25, 0.3) is 0 Å². The van der Waals surface area contributed by atoms with Crippen LogP contribution in [0.1, 0.15) is 32.3 Å². The number of carbonyl (C=O) groups excluding carboxylic acids is 1. The lowest BCUT2D eigenvalue weighted by molar-refractivity contribution is -0.141. The predicted octanol–water partition coefficient (Wildman–Crippen LogP) is 1.89. The number of aromatic nitrogens is 4. The number of piperidine rings is 1. The molecule has 0 spiro atoms. The monoisotopic (exact) mass is 313 g/mol. The molecule has 122 valence electrons. The molecule has 0 bridgehead atoms. The Morgan fingerprint density at radius 2 is 2.26 bits per heavy atom. The Balaban J connectivity index is 1.67. The van der Waals surface area contributed by atoms with Crippen molar-refractivity contribution >= 4 is 5.91 Å². The quantitative estimate of drug-likeness (QED) is 0.864. The minimum Gasteiger partial charge on any atom is -0.340 e.